The second kappa shape index (κ2) is 6.93. The summed E-state index contributed by atoms with van der Waals surface area (Å²) < 4.78 is 0. The zero-order chi connectivity index (χ0) is 17.1. The van der Waals surface area contributed by atoms with Gasteiger partial charge >= 0.3 is 0 Å². The van der Waals surface area contributed by atoms with Crippen molar-refractivity contribution in [2.75, 3.05) is 5.32 Å². The number of nitrogens with one attached hydrogen (secondary N) is 1. The van der Waals surface area contributed by atoms with Crippen molar-refractivity contribution in [1.82, 2.24) is 9.97 Å². The number of nitrogens with zero attached hydrogens (tertiary/aromatic N) is 2. The fourth-order valence-electron chi connectivity index (χ4n) is 2.56. The van der Waals surface area contributed by atoms with E-state index in [2.05, 4.69) is 15.3 Å². The van der Waals surface area contributed by atoms with Gasteiger partial charge < -0.3 is 5.32 Å². The fraction of sp³-hybridized carbons (Fsp3) is 0.211. The molecule has 5 heteroatoms. The molecule has 0 aliphatic heterocycles. The van der Waals surface area contributed by atoms with Crippen molar-refractivity contribution in [2.24, 2.45) is 0 Å². The molecule has 0 bridgehead atoms. The lowest BCUT2D eigenvalue weighted by molar-refractivity contribution is -0.115. The normalized spacial score (nSPS) is 10.6. The average Bonchev–Trinajstić information content (AvgIpc) is 2.85. The highest BCUT2D eigenvalue weighted by atomic mass is 32.1. The molecule has 2 aromatic heterocycles. The number of pyridine rings is 1. The minimum Gasteiger partial charge on any atom is -0.326 e. The van der Waals surface area contributed by atoms with Crippen LogP contribution in [0.25, 0.3) is 11.1 Å². The van der Waals surface area contributed by atoms with Crippen LogP contribution in [0.4, 0.5) is 5.69 Å². The molecule has 1 N–H and O–H groups in total. The summed E-state index contributed by atoms with van der Waals surface area (Å²) in [4.78, 5) is 21.8. The first-order valence-corrected chi connectivity index (χ1v) is 8.59. The number of hydrogen-bond donors (Lipinski definition) is 1. The highest BCUT2D eigenvalue weighted by Gasteiger charge is 2.10. The van der Waals surface area contributed by atoms with E-state index in [0.717, 1.165) is 38.1 Å². The molecule has 1 amide bonds. The monoisotopic (exact) mass is 337 g/mol. The Morgan fingerprint density at radius 2 is 1.83 bits per heavy atom. The van der Waals surface area contributed by atoms with E-state index in [1.807, 2.05) is 57.2 Å². The van der Waals surface area contributed by atoms with E-state index in [9.17, 15) is 4.79 Å². The summed E-state index contributed by atoms with van der Waals surface area (Å²) in [5.41, 5.74) is 4.95. The van der Waals surface area contributed by atoms with E-state index >= 15 is 0 Å². The first-order valence-electron chi connectivity index (χ1n) is 7.77. The summed E-state index contributed by atoms with van der Waals surface area (Å²) in [5, 5.41) is 3.94. The van der Waals surface area contributed by atoms with Gasteiger partial charge in [0.1, 0.15) is 0 Å². The minimum atomic E-state index is -0.0192. The van der Waals surface area contributed by atoms with Crippen LogP contribution in [-0.2, 0) is 11.2 Å². The van der Waals surface area contributed by atoms with Crippen LogP contribution in [0, 0.1) is 20.8 Å². The van der Waals surface area contributed by atoms with E-state index in [0.29, 0.717) is 6.42 Å². The number of amides is 1. The summed E-state index contributed by atoms with van der Waals surface area (Å²) >= 11 is 1.58. The molecule has 4 nitrogen and oxygen atoms in total. The minimum absolute atomic E-state index is 0.0192. The van der Waals surface area contributed by atoms with E-state index in [-0.39, 0.29) is 5.91 Å². The largest absolute Gasteiger partial charge is 0.326 e. The molecule has 0 atom stereocenters. The van der Waals surface area contributed by atoms with Crippen molar-refractivity contribution in [3.05, 3.63) is 63.9 Å². The predicted octanol–water partition coefficient (Wildman–Crippen LogP) is 4.31. The Morgan fingerprint density at radius 3 is 2.46 bits per heavy atom. The van der Waals surface area contributed by atoms with Crippen LogP contribution in [0.2, 0.25) is 0 Å². The number of carbonyl (C=O) groups is 1. The van der Waals surface area contributed by atoms with Gasteiger partial charge in [-0.3, -0.25) is 9.78 Å². The van der Waals surface area contributed by atoms with Gasteiger partial charge in [-0.25, -0.2) is 4.98 Å². The predicted molar refractivity (Wildman–Crippen MR) is 98.3 cm³/mol. The van der Waals surface area contributed by atoms with Gasteiger partial charge in [-0.1, -0.05) is 12.1 Å². The highest BCUT2D eigenvalue weighted by Crippen LogP contribution is 2.22. The van der Waals surface area contributed by atoms with Crippen LogP contribution in [0.1, 0.15) is 21.3 Å². The lowest BCUT2D eigenvalue weighted by Gasteiger charge is -2.07. The first-order chi connectivity index (χ1) is 11.5. The Hall–Kier alpha value is -2.53. The fourth-order valence-corrected chi connectivity index (χ4v) is 3.50. The van der Waals surface area contributed by atoms with E-state index in [1.165, 1.54) is 0 Å². The summed E-state index contributed by atoms with van der Waals surface area (Å²) in [5.74, 6) is -0.0192. The topological polar surface area (TPSA) is 54.9 Å². The maximum Gasteiger partial charge on any atom is 0.229 e. The number of benzene rings is 1. The van der Waals surface area contributed by atoms with Crippen molar-refractivity contribution in [1.29, 1.82) is 0 Å². The number of thiazole rings is 1. The molecule has 0 unspecified atom stereocenters. The quantitative estimate of drug-likeness (QED) is 0.772. The number of aryl methyl sites for hydroxylation is 3. The molecule has 0 saturated carbocycles. The maximum atomic E-state index is 12.2. The third-order valence-corrected chi connectivity index (χ3v) is 4.79. The van der Waals surface area contributed by atoms with Crippen molar-refractivity contribution >= 4 is 22.9 Å². The van der Waals surface area contributed by atoms with Gasteiger partial charge in [0, 0.05) is 22.5 Å². The molecule has 0 fully saturated rings. The smallest absolute Gasteiger partial charge is 0.229 e. The molecule has 0 spiro atoms. The van der Waals surface area contributed by atoms with Crippen molar-refractivity contribution < 1.29 is 4.79 Å². The van der Waals surface area contributed by atoms with E-state index in [4.69, 9.17) is 0 Å². The van der Waals surface area contributed by atoms with Crippen LogP contribution < -0.4 is 5.32 Å². The summed E-state index contributed by atoms with van der Waals surface area (Å²) in [6.07, 6.45) is 2.17. The van der Waals surface area contributed by atoms with Gasteiger partial charge in [-0.15, -0.1) is 11.3 Å². The lowest BCUT2D eigenvalue weighted by Crippen LogP contribution is -2.14. The third-order valence-electron chi connectivity index (χ3n) is 3.72. The molecular weight excluding hydrogens is 318 g/mol. The Labute approximate surface area is 145 Å². The van der Waals surface area contributed by atoms with E-state index in [1.54, 1.807) is 17.5 Å². The SMILES string of the molecule is Cc1cc(-c2ccc(NC(=O)Cc3sc(C)nc3C)cc2)ccn1. The summed E-state index contributed by atoms with van der Waals surface area (Å²) in [6, 6.07) is 11.9. The lowest BCUT2D eigenvalue weighted by atomic mass is 10.1. The van der Waals surface area contributed by atoms with Crippen LogP contribution in [-0.4, -0.2) is 15.9 Å². The van der Waals surface area contributed by atoms with Gasteiger partial charge in [-0.05, 0) is 56.2 Å². The van der Waals surface area contributed by atoms with Crippen molar-refractivity contribution in [3.8, 4) is 11.1 Å². The van der Waals surface area contributed by atoms with Gasteiger partial charge in [0.05, 0.1) is 17.1 Å². The van der Waals surface area contributed by atoms with Crippen LogP contribution in [0.5, 0.6) is 0 Å². The Morgan fingerprint density at radius 1 is 1.08 bits per heavy atom. The van der Waals surface area contributed by atoms with Gasteiger partial charge in [-0.2, -0.15) is 0 Å². The molecule has 0 aliphatic carbocycles. The van der Waals surface area contributed by atoms with Gasteiger partial charge in [0.25, 0.3) is 0 Å². The van der Waals surface area contributed by atoms with Crippen molar-refractivity contribution in [3.63, 3.8) is 0 Å². The third kappa shape index (κ3) is 3.86. The molecule has 3 aromatic rings. The Bertz CT molecular complexity index is 869. The second-order valence-electron chi connectivity index (χ2n) is 5.73. The van der Waals surface area contributed by atoms with Crippen LogP contribution >= 0.6 is 11.3 Å². The second-order valence-corrected chi connectivity index (χ2v) is 7.02. The number of hydrogen-bond acceptors (Lipinski definition) is 4. The van der Waals surface area contributed by atoms with Crippen LogP contribution in [0.15, 0.2) is 42.6 Å². The molecular formula is C19H19N3OS. The molecule has 0 aliphatic rings. The molecule has 0 radical (unpaired) electrons. The Balaban J connectivity index is 1.68. The number of aromatic nitrogens is 2. The summed E-state index contributed by atoms with van der Waals surface area (Å²) in [6.45, 7) is 5.87. The molecule has 1 aromatic carbocycles. The number of rotatable bonds is 4. The number of anilines is 1. The standard InChI is InChI=1S/C19H19N3OS/c1-12-10-16(8-9-20-12)15-4-6-17(7-5-15)22-19(23)11-18-13(2)21-14(3)24-18/h4-10H,11H2,1-3H3,(H,22,23). The van der Waals surface area contributed by atoms with E-state index < -0.39 is 0 Å². The highest BCUT2D eigenvalue weighted by molar-refractivity contribution is 7.11. The molecule has 2 heterocycles. The summed E-state index contributed by atoms with van der Waals surface area (Å²) in [7, 11) is 0. The molecule has 24 heavy (non-hydrogen) atoms. The zero-order valence-electron chi connectivity index (χ0n) is 14.0. The molecule has 122 valence electrons. The zero-order valence-corrected chi connectivity index (χ0v) is 14.8. The maximum absolute atomic E-state index is 12.2. The van der Waals surface area contributed by atoms with Gasteiger partial charge in [0.2, 0.25) is 5.91 Å². The van der Waals surface area contributed by atoms with Gasteiger partial charge in [0.15, 0.2) is 0 Å². The molecule has 3 rings (SSSR count). The Kier molecular flexibility index (Phi) is 4.71. The van der Waals surface area contributed by atoms with Crippen LogP contribution in [0.3, 0.4) is 0 Å². The molecule has 0 saturated heterocycles. The number of carbonyl (C=O) groups excluding carboxylic acids is 1. The average molecular weight is 337 g/mol. The van der Waals surface area contributed by atoms with Crippen molar-refractivity contribution in [2.45, 2.75) is 27.2 Å². The first kappa shape index (κ1) is 16.3.